The molecule has 1 atom stereocenters. The maximum atomic E-state index is 3.64. The summed E-state index contributed by atoms with van der Waals surface area (Å²) in [7, 11) is 0. The third-order valence-corrected chi connectivity index (χ3v) is 4.52. The second kappa shape index (κ2) is 5.98. The molecule has 0 amide bonds. The summed E-state index contributed by atoms with van der Waals surface area (Å²) in [6, 6.07) is 2.91. The van der Waals surface area contributed by atoms with Gasteiger partial charge in [0.05, 0.1) is 0 Å². The lowest BCUT2D eigenvalue weighted by Gasteiger charge is -2.21. The lowest BCUT2D eigenvalue weighted by atomic mass is 10.2. The van der Waals surface area contributed by atoms with Gasteiger partial charge in [-0.3, -0.25) is 0 Å². The molecule has 1 aromatic rings. The molecule has 1 aromatic heterocycles. The molecule has 0 spiro atoms. The molecule has 1 aliphatic heterocycles. The molecule has 1 unspecified atom stereocenters. The van der Waals surface area contributed by atoms with E-state index in [1.165, 1.54) is 47.8 Å². The Balaban J connectivity index is 1.75. The van der Waals surface area contributed by atoms with Gasteiger partial charge in [-0.05, 0) is 58.3 Å². The van der Waals surface area contributed by atoms with Crippen molar-refractivity contribution in [2.24, 2.45) is 0 Å². The number of nitrogens with one attached hydrogen (secondary N) is 1. The van der Waals surface area contributed by atoms with Crippen molar-refractivity contribution in [2.45, 2.75) is 46.2 Å². The first-order valence-corrected chi connectivity index (χ1v) is 7.48. The highest BCUT2D eigenvalue weighted by atomic mass is 32.1. The predicted octanol–water partition coefficient (Wildman–Crippen LogP) is 2.94. The molecular weight excluding hydrogens is 228 g/mol. The number of likely N-dealkylation sites (tertiary alicyclic amines) is 1. The molecule has 0 aromatic carbocycles. The highest BCUT2D eigenvalue weighted by molar-refractivity contribution is 7.12. The number of hydrogen-bond donors (Lipinski definition) is 1. The zero-order valence-corrected chi connectivity index (χ0v) is 12.1. The molecule has 0 saturated carbocycles. The molecule has 0 radical (unpaired) electrons. The van der Waals surface area contributed by atoms with Crippen molar-refractivity contribution in [3.8, 4) is 0 Å². The Hall–Kier alpha value is -0.380. The normalized spacial score (nSPS) is 18.8. The molecule has 2 rings (SSSR count). The van der Waals surface area contributed by atoms with Crippen molar-refractivity contribution >= 4 is 11.3 Å². The van der Waals surface area contributed by atoms with Crippen molar-refractivity contribution < 1.29 is 0 Å². The molecular formula is C14H24N2S. The van der Waals surface area contributed by atoms with E-state index < -0.39 is 0 Å². The van der Waals surface area contributed by atoms with Gasteiger partial charge in [-0.25, -0.2) is 0 Å². The third-order valence-electron chi connectivity index (χ3n) is 3.52. The Kier molecular flexibility index (Phi) is 4.60. The van der Waals surface area contributed by atoms with Gasteiger partial charge in [0.15, 0.2) is 0 Å². The monoisotopic (exact) mass is 252 g/mol. The molecule has 0 aliphatic carbocycles. The fraction of sp³-hybridized carbons (Fsp3) is 0.714. The Morgan fingerprint density at radius 3 is 2.65 bits per heavy atom. The van der Waals surface area contributed by atoms with Gasteiger partial charge < -0.3 is 10.2 Å². The van der Waals surface area contributed by atoms with Gasteiger partial charge in [-0.15, -0.1) is 11.3 Å². The minimum Gasteiger partial charge on any atom is -0.309 e. The predicted molar refractivity (Wildman–Crippen MR) is 75.8 cm³/mol. The summed E-state index contributed by atoms with van der Waals surface area (Å²) in [4.78, 5) is 5.46. The Bertz CT molecular complexity index is 353. The second-order valence-corrected chi connectivity index (χ2v) is 6.69. The van der Waals surface area contributed by atoms with Crippen LogP contribution in [-0.4, -0.2) is 30.6 Å². The van der Waals surface area contributed by atoms with Crippen LogP contribution in [0.4, 0.5) is 0 Å². The van der Waals surface area contributed by atoms with Gasteiger partial charge in [0, 0.05) is 28.9 Å². The van der Waals surface area contributed by atoms with Crippen LogP contribution in [0.15, 0.2) is 6.07 Å². The lowest BCUT2D eigenvalue weighted by molar-refractivity contribution is 0.298. The average molecular weight is 252 g/mol. The SMILES string of the molecule is Cc1cc(CNC(C)CN2CCCC2)c(C)s1. The van der Waals surface area contributed by atoms with Crippen molar-refractivity contribution in [1.82, 2.24) is 10.2 Å². The standard InChI is InChI=1S/C14H24N2S/c1-11(10-16-6-4-5-7-16)15-9-14-8-12(2)17-13(14)3/h8,11,15H,4-7,9-10H2,1-3H3. The van der Waals surface area contributed by atoms with Crippen LogP contribution in [0.5, 0.6) is 0 Å². The van der Waals surface area contributed by atoms with Crippen LogP contribution in [0, 0.1) is 13.8 Å². The van der Waals surface area contributed by atoms with E-state index in [0.29, 0.717) is 6.04 Å². The first-order chi connectivity index (χ1) is 8.15. The summed E-state index contributed by atoms with van der Waals surface area (Å²) >= 11 is 1.90. The third kappa shape index (κ3) is 3.80. The fourth-order valence-electron chi connectivity index (χ4n) is 2.56. The first-order valence-electron chi connectivity index (χ1n) is 6.67. The smallest absolute Gasteiger partial charge is 0.0219 e. The summed E-state index contributed by atoms with van der Waals surface area (Å²) in [5, 5.41) is 3.64. The van der Waals surface area contributed by atoms with Crippen molar-refractivity contribution in [1.29, 1.82) is 0 Å². The quantitative estimate of drug-likeness (QED) is 0.867. The lowest BCUT2D eigenvalue weighted by Crippen LogP contribution is -2.37. The van der Waals surface area contributed by atoms with Crippen LogP contribution in [0.25, 0.3) is 0 Å². The average Bonchev–Trinajstić information content (AvgIpc) is 2.86. The van der Waals surface area contributed by atoms with Crippen LogP contribution in [0.1, 0.15) is 35.1 Å². The van der Waals surface area contributed by atoms with Crippen LogP contribution < -0.4 is 5.32 Å². The highest BCUT2D eigenvalue weighted by Crippen LogP contribution is 2.20. The summed E-state index contributed by atoms with van der Waals surface area (Å²) in [6.07, 6.45) is 2.77. The minimum atomic E-state index is 0.590. The van der Waals surface area contributed by atoms with E-state index in [4.69, 9.17) is 0 Å². The molecule has 1 fully saturated rings. The zero-order valence-electron chi connectivity index (χ0n) is 11.3. The largest absolute Gasteiger partial charge is 0.309 e. The van der Waals surface area contributed by atoms with Crippen molar-refractivity contribution in [3.05, 3.63) is 21.4 Å². The molecule has 3 heteroatoms. The van der Waals surface area contributed by atoms with Crippen LogP contribution >= 0.6 is 11.3 Å². The molecule has 1 N–H and O–H groups in total. The van der Waals surface area contributed by atoms with E-state index in [1.54, 1.807) is 0 Å². The van der Waals surface area contributed by atoms with Gasteiger partial charge in [0.2, 0.25) is 0 Å². The van der Waals surface area contributed by atoms with E-state index >= 15 is 0 Å². The number of rotatable bonds is 5. The summed E-state index contributed by atoms with van der Waals surface area (Å²) in [5.74, 6) is 0. The van der Waals surface area contributed by atoms with Crippen LogP contribution in [0.2, 0.25) is 0 Å². The van der Waals surface area contributed by atoms with Crippen LogP contribution in [0.3, 0.4) is 0 Å². The highest BCUT2D eigenvalue weighted by Gasteiger charge is 2.14. The van der Waals surface area contributed by atoms with Gasteiger partial charge in [0.1, 0.15) is 0 Å². The van der Waals surface area contributed by atoms with Gasteiger partial charge in [-0.2, -0.15) is 0 Å². The fourth-order valence-corrected chi connectivity index (χ4v) is 3.51. The molecule has 2 heterocycles. The Morgan fingerprint density at radius 1 is 1.35 bits per heavy atom. The zero-order chi connectivity index (χ0) is 12.3. The van der Waals surface area contributed by atoms with Crippen molar-refractivity contribution in [3.63, 3.8) is 0 Å². The number of aryl methyl sites for hydroxylation is 2. The van der Waals surface area contributed by atoms with E-state index in [2.05, 4.69) is 37.1 Å². The van der Waals surface area contributed by atoms with E-state index in [9.17, 15) is 0 Å². The molecule has 96 valence electrons. The van der Waals surface area contributed by atoms with Gasteiger partial charge in [-0.1, -0.05) is 0 Å². The maximum Gasteiger partial charge on any atom is 0.0219 e. The summed E-state index contributed by atoms with van der Waals surface area (Å²) in [5.41, 5.74) is 1.47. The van der Waals surface area contributed by atoms with Gasteiger partial charge in [0.25, 0.3) is 0 Å². The van der Waals surface area contributed by atoms with Crippen LogP contribution in [-0.2, 0) is 6.54 Å². The number of hydrogen-bond acceptors (Lipinski definition) is 3. The van der Waals surface area contributed by atoms with E-state index in [-0.39, 0.29) is 0 Å². The molecule has 2 nitrogen and oxygen atoms in total. The topological polar surface area (TPSA) is 15.3 Å². The minimum absolute atomic E-state index is 0.590. The second-order valence-electron chi connectivity index (χ2n) is 5.23. The number of nitrogens with zero attached hydrogens (tertiary/aromatic N) is 1. The molecule has 17 heavy (non-hydrogen) atoms. The Labute approximate surface area is 109 Å². The maximum absolute atomic E-state index is 3.64. The van der Waals surface area contributed by atoms with Gasteiger partial charge >= 0.3 is 0 Å². The first kappa shape index (κ1) is 13.1. The molecule has 1 saturated heterocycles. The number of thiophene rings is 1. The van der Waals surface area contributed by atoms with Crippen molar-refractivity contribution in [2.75, 3.05) is 19.6 Å². The Morgan fingerprint density at radius 2 is 2.06 bits per heavy atom. The molecule has 1 aliphatic rings. The summed E-state index contributed by atoms with van der Waals surface area (Å²) in [6.45, 7) is 11.5. The van der Waals surface area contributed by atoms with E-state index in [0.717, 1.165) is 6.54 Å². The summed E-state index contributed by atoms with van der Waals surface area (Å²) < 4.78 is 0. The molecule has 0 bridgehead atoms. The van der Waals surface area contributed by atoms with E-state index in [1.807, 2.05) is 11.3 Å².